The monoisotopic (exact) mass is 486 g/mol. The Bertz CT molecular complexity index is 1130. The van der Waals surface area contributed by atoms with E-state index >= 15 is 0 Å². The SMILES string of the molecule is Cc1cn([C@@H]2O[C@H](CSCCNCc3cccnc3C(C)(C)C)[C@@H](O)[C@H]2O)c2ncnc(N)c12. The number of aryl methyl sites for hydroxylation is 1. The molecule has 0 aromatic carbocycles. The number of aliphatic hydroxyl groups excluding tert-OH is 2. The summed E-state index contributed by atoms with van der Waals surface area (Å²) in [5.41, 5.74) is 9.80. The van der Waals surface area contributed by atoms with Gasteiger partial charge >= 0.3 is 0 Å². The zero-order chi connectivity index (χ0) is 24.5. The van der Waals surface area contributed by atoms with Crippen LogP contribution in [0.15, 0.2) is 30.9 Å². The van der Waals surface area contributed by atoms with Gasteiger partial charge in [0.15, 0.2) is 6.23 Å². The highest BCUT2D eigenvalue weighted by Gasteiger charge is 2.44. The first-order valence-corrected chi connectivity index (χ1v) is 12.7. The molecule has 3 aromatic heterocycles. The maximum atomic E-state index is 10.7. The number of thioether (sulfide) groups is 1. The van der Waals surface area contributed by atoms with Crippen molar-refractivity contribution in [3.05, 3.63) is 47.7 Å². The molecule has 4 heterocycles. The van der Waals surface area contributed by atoms with Crippen molar-refractivity contribution in [1.29, 1.82) is 0 Å². The molecule has 0 amide bonds. The van der Waals surface area contributed by atoms with Gasteiger partial charge in [0.1, 0.15) is 30.0 Å². The van der Waals surface area contributed by atoms with Crippen LogP contribution < -0.4 is 11.1 Å². The van der Waals surface area contributed by atoms with Crippen molar-refractivity contribution < 1.29 is 14.9 Å². The number of ether oxygens (including phenoxy) is 1. The fourth-order valence-corrected chi connectivity index (χ4v) is 5.38. The summed E-state index contributed by atoms with van der Waals surface area (Å²) < 4.78 is 7.81. The predicted molar refractivity (Wildman–Crippen MR) is 135 cm³/mol. The number of nitrogens with one attached hydrogen (secondary N) is 1. The summed E-state index contributed by atoms with van der Waals surface area (Å²) >= 11 is 1.68. The van der Waals surface area contributed by atoms with Crippen LogP contribution in [0.25, 0.3) is 11.0 Å². The lowest BCUT2D eigenvalue weighted by molar-refractivity contribution is -0.0286. The Morgan fingerprint density at radius 3 is 2.76 bits per heavy atom. The topological polar surface area (TPSA) is 131 Å². The molecule has 3 aromatic rings. The molecular weight excluding hydrogens is 452 g/mol. The number of pyridine rings is 1. The van der Waals surface area contributed by atoms with E-state index in [0.29, 0.717) is 17.2 Å². The molecule has 184 valence electrons. The van der Waals surface area contributed by atoms with Crippen LogP contribution in [0.4, 0.5) is 5.82 Å². The third kappa shape index (κ3) is 5.06. The third-order valence-electron chi connectivity index (χ3n) is 6.06. The lowest BCUT2D eigenvalue weighted by atomic mass is 9.88. The fourth-order valence-electron chi connectivity index (χ4n) is 4.41. The van der Waals surface area contributed by atoms with E-state index < -0.39 is 24.5 Å². The highest BCUT2D eigenvalue weighted by Crippen LogP contribution is 2.35. The molecule has 0 radical (unpaired) electrons. The first-order chi connectivity index (χ1) is 16.2. The van der Waals surface area contributed by atoms with Crippen LogP contribution >= 0.6 is 11.8 Å². The lowest BCUT2D eigenvalue weighted by Crippen LogP contribution is -2.32. The largest absolute Gasteiger partial charge is 0.387 e. The number of nitrogens with zero attached hydrogens (tertiary/aromatic N) is 4. The third-order valence-corrected chi connectivity index (χ3v) is 7.12. The van der Waals surface area contributed by atoms with E-state index in [0.717, 1.165) is 35.5 Å². The van der Waals surface area contributed by atoms with E-state index in [-0.39, 0.29) is 5.41 Å². The Kier molecular flexibility index (Phi) is 7.44. The molecule has 0 aliphatic carbocycles. The number of anilines is 1. The standard InChI is InChI=1S/C24H34N6O3S/c1-14-11-30(22-17(14)21(25)28-13-29-22)23-19(32)18(31)16(33-23)12-34-9-8-26-10-15-6-5-7-27-20(15)24(2,3)4/h5-7,11,13,16,18-19,23,26,31-32H,8-10,12H2,1-4H3,(H2,25,28,29)/t16-,18-,19-,23-/m1/s1. The Hall–Kier alpha value is -2.24. The van der Waals surface area contributed by atoms with Crippen molar-refractivity contribution in [3.8, 4) is 0 Å². The Morgan fingerprint density at radius 2 is 2.00 bits per heavy atom. The van der Waals surface area contributed by atoms with E-state index in [9.17, 15) is 10.2 Å². The van der Waals surface area contributed by atoms with Gasteiger partial charge in [-0.1, -0.05) is 26.8 Å². The molecule has 1 saturated heterocycles. The van der Waals surface area contributed by atoms with Crippen molar-refractivity contribution in [3.63, 3.8) is 0 Å². The fraction of sp³-hybridized carbons (Fsp3) is 0.542. The molecule has 0 bridgehead atoms. The number of hydrogen-bond donors (Lipinski definition) is 4. The zero-order valence-electron chi connectivity index (χ0n) is 20.1. The van der Waals surface area contributed by atoms with Gasteiger partial charge < -0.3 is 30.6 Å². The van der Waals surface area contributed by atoms with Gasteiger partial charge in [-0.3, -0.25) is 4.98 Å². The van der Waals surface area contributed by atoms with E-state index in [4.69, 9.17) is 10.5 Å². The molecular formula is C24H34N6O3S. The van der Waals surface area contributed by atoms with Crippen LogP contribution in [0.5, 0.6) is 0 Å². The van der Waals surface area contributed by atoms with Crippen molar-refractivity contribution >= 4 is 28.6 Å². The average molecular weight is 487 g/mol. The minimum Gasteiger partial charge on any atom is -0.387 e. The zero-order valence-corrected chi connectivity index (χ0v) is 20.9. The van der Waals surface area contributed by atoms with E-state index in [2.05, 4.69) is 47.1 Å². The Balaban J connectivity index is 1.29. The van der Waals surface area contributed by atoms with Gasteiger partial charge in [0, 0.05) is 42.4 Å². The second kappa shape index (κ2) is 10.2. The van der Waals surface area contributed by atoms with Crippen molar-refractivity contribution in [1.82, 2.24) is 24.8 Å². The summed E-state index contributed by atoms with van der Waals surface area (Å²) in [6.07, 6.45) is 1.82. The molecule has 4 atom stereocenters. The second-order valence-electron chi connectivity index (χ2n) is 9.74. The predicted octanol–water partition coefficient (Wildman–Crippen LogP) is 2.16. The normalized spacial score (nSPS) is 23.1. The highest BCUT2D eigenvalue weighted by molar-refractivity contribution is 7.99. The molecule has 4 rings (SSSR count). The number of rotatable bonds is 8. The molecule has 1 aliphatic heterocycles. The number of nitrogen functional groups attached to an aromatic ring is 1. The van der Waals surface area contributed by atoms with Crippen LogP contribution in [0, 0.1) is 6.92 Å². The number of hydrogen-bond acceptors (Lipinski definition) is 9. The van der Waals surface area contributed by atoms with Gasteiger partial charge in [0.2, 0.25) is 0 Å². The van der Waals surface area contributed by atoms with Gasteiger partial charge in [-0.2, -0.15) is 11.8 Å². The number of aliphatic hydroxyl groups is 2. The number of nitrogens with two attached hydrogens (primary N) is 1. The molecule has 34 heavy (non-hydrogen) atoms. The van der Waals surface area contributed by atoms with E-state index in [1.165, 1.54) is 11.9 Å². The van der Waals surface area contributed by atoms with Gasteiger partial charge in [-0.05, 0) is 24.1 Å². The van der Waals surface area contributed by atoms with Crippen LogP contribution in [0.3, 0.4) is 0 Å². The van der Waals surface area contributed by atoms with Gasteiger partial charge in [-0.25, -0.2) is 9.97 Å². The van der Waals surface area contributed by atoms with Crippen LogP contribution in [0.2, 0.25) is 0 Å². The van der Waals surface area contributed by atoms with E-state index in [1.54, 1.807) is 16.3 Å². The summed E-state index contributed by atoms with van der Waals surface area (Å²) in [6.45, 7) is 9.99. The van der Waals surface area contributed by atoms with Crippen molar-refractivity contribution in [2.75, 3.05) is 23.8 Å². The maximum Gasteiger partial charge on any atom is 0.164 e. The summed E-state index contributed by atoms with van der Waals surface area (Å²) in [4.78, 5) is 12.9. The van der Waals surface area contributed by atoms with E-state index in [1.807, 2.05) is 25.4 Å². The minimum absolute atomic E-state index is 0.00167. The van der Waals surface area contributed by atoms with Crippen LogP contribution in [0.1, 0.15) is 43.8 Å². The first-order valence-electron chi connectivity index (χ1n) is 11.5. The maximum absolute atomic E-state index is 10.7. The molecule has 9 nitrogen and oxygen atoms in total. The molecule has 5 N–H and O–H groups in total. The Morgan fingerprint density at radius 1 is 1.21 bits per heavy atom. The Labute approximate surface area is 204 Å². The van der Waals surface area contributed by atoms with Crippen molar-refractivity contribution in [2.45, 2.75) is 64.2 Å². The van der Waals surface area contributed by atoms with Gasteiger partial charge in [0.25, 0.3) is 0 Å². The van der Waals surface area contributed by atoms with Gasteiger partial charge in [-0.15, -0.1) is 0 Å². The molecule has 10 heteroatoms. The molecule has 0 saturated carbocycles. The second-order valence-corrected chi connectivity index (χ2v) is 10.9. The van der Waals surface area contributed by atoms with Crippen molar-refractivity contribution in [2.24, 2.45) is 0 Å². The molecule has 1 fully saturated rings. The summed E-state index contributed by atoms with van der Waals surface area (Å²) in [7, 11) is 0. The van der Waals surface area contributed by atoms with Gasteiger partial charge in [0.05, 0.1) is 17.2 Å². The quantitative estimate of drug-likeness (QED) is 0.354. The molecule has 1 aliphatic rings. The smallest absolute Gasteiger partial charge is 0.164 e. The summed E-state index contributed by atoms with van der Waals surface area (Å²) in [5.74, 6) is 1.81. The number of aromatic nitrogens is 4. The van der Waals surface area contributed by atoms with Crippen LogP contribution in [-0.2, 0) is 16.7 Å². The molecule has 0 spiro atoms. The lowest BCUT2D eigenvalue weighted by Gasteiger charge is -2.21. The molecule has 0 unspecified atom stereocenters. The number of fused-ring (bicyclic) bond motifs is 1. The first kappa shape index (κ1) is 24.9. The highest BCUT2D eigenvalue weighted by atomic mass is 32.2. The van der Waals surface area contributed by atoms with Crippen LogP contribution in [-0.4, -0.2) is 66.1 Å². The summed E-state index contributed by atoms with van der Waals surface area (Å²) in [5, 5.41) is 25.5. The average Bonchev–Trinajstić information content (AvgIpc) is 3.27. The summed E-state index contributed by atoms with van der Waals surface area (Å²) in [6, 6.07) is 4.08. The minimum atomic E-state index is -1.06.